The van der Waals surface area contributed by atoms with E-state index >= 15 is 0 Å². The molecule has 0 unspecified atom stereocenters. The smallest absolute Gasteiger partial charge is 0.313 e. The van der Waals surface area contributed by atoms with Crippen molar-refractivity contribution in [2.75, 3.05) is 29.9 Å². The molecular weight excluding hydrogens is 534 g/mol. The van der Waals surface area contributed by atoms with E-state index in [0.717, 1.165) is 36.7 Å². The van der Waals surface area contributed by atoms with E-state index in [-0.39, 0.29) is 6.10 Å². The van der Waals surface area contributed by atoms with Gasteiger partial charge in [-0.2, -0.15) is 4.98 Å². The van der Waals surface area contributed by atoms with Gasteiger partial charge in [-0.15, -0.1) is 0 Å². The Morgan fingerprint density at radius 1 is 1.02 bits per heavy atom. The maximum atomic E-state index is 11.7. The fourth-order valence-corrected chi connectivity index (χ4v) is 4.68. The van der Waals surface area contributed by atoms with Crippen LogP contribution in [0.15, 0.2) is 79.1 Å². The highest BCUT2D eigenvalue weighted by Gasteiger charge is 2.29. The van der Waals surface area contributed by atoms with E-state index in [4.69, 9.17) is 19.2 Å². The molecule has 10 heteroatoms. The Hall–Kier alpha value is -4.86. The van der Waals surface area contributed by atoms with Crippen molar-refractivity contribution in [3.63, 3.8) is 0 Å². The number of nitrogens with zero attached hydrogens (tertiary/aromatic N) is 4. The molecule has 0 aliphatic carbocycles. The second-order valence-electron chi connectivity index (χ2n) is 10.5. The fourth-order valence-electron chi connectivity index (χ4n) is 4.68. The molecule has 4 aromatic rings. The van der Waals surface area contributed by atoms with Crippen LogP contribution >= 0.6 is 0 Å². The zero-order valence-electron chi connectivity index (χ0n) is 24.0. The van der Waals surface area contributed by atoms with Crippen LogP contribution in [0.4, 0.5) is 17.5 Å². The van der Waals surface area contributed by atoms with Gasteiger partial charge in [0.05, 0.1) is 31.0 Å². The number of anilines is 3. The Morgan fingerprint density at radius 3 is 2.64 bits per heavy atom. The Balaban J connectivity index is 1.25. The van der Waals surface area contributed by atoms with Gasteiger partial charge in [-0.1, -0.05) is 30.3 Å². The van der Waals surface area contributed by atoms with Gasteiger partial charge in [0.2, 0.25) is 5.88 Å². The van der Waals surface area contributed by atoms with Crippen LogP contribution in [0.2, 0.25) is 0 Å². The number of ether oxygens (including phenoxy) is 3. The lowest BCUT2D eigenvalue weighted by atomic mass is 9.85. The van der Waals surface area contributed by atoms with E-state index in [2.05, 4.69) is 20.2 Å². The first kappa shape index (κ1) is 28.7. The highest BCUT2D eigenvalue weighted by Crippen LogP contribution is 2.31. The van der Waals surface area contributed by atoms with Crippen molar-refractivity contribution in [2.24, 2.45) is 0 Å². The quantitative estimate of drug-likeness (QED) is 0.216. The van der Waals surface area contributed by atoms with Crippen molar-refractivity contribution < 1.29 is 24.1 Å². The number of carboxylic acid groups (broad SMARTS) is 1. The van der Waals surface area contributed by atoms with Crippen molar-refractivity contribution in [1.29, 1.82) is 0 Å². The first-order valence-electron chi connectivity index (χ1n) is 14.0. The normalized spacial score (nSPS) is 15.1. The molecule has 2 aromatic carbocycles. The number of nitrogens with one attached hydrogen (secondary N) is 1. The number of para-hydroxylation sites is 2. The van der Waals surface area contributed by atoms with Crippen LogP contribution in [0.1, 0.15) is 39.2 Å². The predicted octanol–water partition coefficient (Wildman–Crippen LogP) is 6.22. The molecule has 218 valence electrons. The molecule has 1 aliphatic rings. The number of hydrogen-bond donors (Lipinski definition) is 2. The molecule has 0 radical (unpaired) electrons. The maximum Gasteiger partial charge on any atom is 0.313 e. The molecule has 2 aromatic heterocycles. The number of piperidine rings is 1. The highest BCUT2D eigenvalue weighted by atomic mass is 16.5. The largest absolute Gasteiger partial charge is 0.490 e. The van der Waals surface area contributed by atoms with Crippen LogP contribution in [-0.2, 0) is 10.2 Å². The van der Waals surface area contributed by atoms with Crippen LogP contribution in [0, 0.1) is 0 Å². The lowest BCUT2D eigenvalue weighted by molar-refractivity contribution is -0.142. The summed E-state index contributed by atoms with van der Waals surface area (Å²) in [4.78, 5) is 27.6. The molecular formula is C32H35N5O5. The Labute approximate surface area is 245 Å². The molecule has 0 saturated carbocycles. The first-order chi connectivity index (χ1) is 20.3. The molecule has 42 heavy (non-hydrogen) atoms. The summed E-state index contributed by atoms with van der Waals surface area (Å²) in [6.07, 6.45) is 5.29. The van der Waals surface area contributed by atoms with Gasteiger partial charge in [-0.25, -0.2) is 4.98 Å². The van der Waals surface area contributed by atoms with Crippen LogP contribution < -0.4 is 24.4 Å². The zero-order valence-corrected chi connectivity index (χ0v) is 24.0. The number of carboxylic acids is 1. The predicted molar refractivity (Wildman–Crippen MR) is 160 cm³/mol. The summed E-state index contributed by atoms with van der Waals surface area (Å²) in [5.41, 5.74) is -0.410. The van der Waals surface area contributed by atoms with Crippen LogP contribution in [0.5, 0.6) is 23.1 Å². The van der Waals surface area contributed by atoms with Crippen LogP contribution in [-0.4, -0.2) is 51.8 Å². The van der Waals surface area contributed by atoms with E-state index in [1.165, 1.54) is 0 Å². The topological polar surface area (TPSA) is 119 Å². The number of aliphatic carboxylic acids is 1. The van der Waals surface area contributed by atoms with Gasteiger partial charge in [-0.3, -0.25) is 9.78 Å². The monoisotopic (exact) mass is 569 g/mol. The lowest BCUT2D eigenvalue weighted by Crippen LogP contribution is -2.41. The van der Waals surface area contributed by atoms with E-state index in [0.29, 0.717) is 42.0 Å². The lowest BCUT2D eigenvalue weighted by Gasteiger charge is -2.33. The minimum absolute atomic E-state index is 0.00570. The van der Waals surface area contributed by atoms with Gasteiger partial charge in [0.1, 0.15) is 23.5 Å². The average Bonchev–Trinajstić information content (AvgIpc) is 2.99. The van der Waals surface area contributed by atoms with Gasteiger partial charge in [-0.05, 0) is 69.5 Å². The Kier molecular flexibility index (Phi) is 8.71. The summed E-state index contributed by atoms with van der Waals surface area (Å²) in [6.45, 7) is 7.38. The van der Waals surface area contributed by atoms with Crippen LogP contribution in [0.25, 0.3) is 0 Å². The summed E-state index contributed by atoms with van der Waals surface area (Å²) < 4.78 is 18.0. The van der Waals surface area contributed by atoms with Crippen molar-refractivity contribution in [3.8, 4) is 23.1 Å². The minimum atomic E-state index is -1.05. The van der Waals surface area contributed by atoms with E-state index in [9.17, 15) is 9.90 Å². The molecule has 1 atom stereocenters. The number of rotatable bonds is 11. The third kappa shape index (κ3) is 6.88. The molecule has 2 N–H and O–H groups in total. The third-order valence-corrected chi connectivity index (χ3v) is 7.06. The van der Waals surface area contributed by atoms with Crippen LogP contribution in [0.3, 0.4) is 0 Å². The molecule has 5 rings (SSSR count). The highest BCUT2D eigenvalue weighted by molar-refractivity contribution is 5.80. The Morgan fingerprint density at radius 2 is 1.83 bits per heavy atom. The molecule has 1 saturated heterocycles. The fraction of sp³-hybridized carbons (Fsp3) is 0.312. The van der Waals surface area contributed by atoms with E-state index in [1.54, 1.807) is 56.6 Å². The third-order valence-electron chi connectivity index (χ3n) is 7.06. The maximum absolute atomic E-state index is 11.7. The molecule has 3 heterocycles. The number of aromatic nitrogens is 3. The average molecular weight is 570 g/mol. The van der Waals surface area contributed by atoms with Crippen molar-refractivity contribution in [3.05, 3.63) is 84.7 Å². The molecule has 0 bridgehead atoms. The number of benzene rings is 2. The van der Waals surface area contributed by atoms with Gasteiger partial charge in [0.25, 0.3) is 0 Å². The number of pyridine rings is 1. The summed E-state index contributed by atoms with van der Waals surface area (Å²) in [5.74, 6) is 3.28. The van der Waals surface area contributed by atoms with E-state index in [1.807, 2.05) is 43.3 Å². The number of hydrogen-bond acceptors (Lipinski definition) is 9. The molecule has 1 fully saturated rings. The SMILES string of the molecule is CCOc1ccccc1O[C@@H]1CCCN(c2cncc(Nc3cccc(Oc4cccc(C(C)(C)C(=O)O)c4)n3)n2)C1. The minimum Gasteiger partial charge on any atom is -0.490 e. The number of carbonyl (C=O) groups is 1. The second kappa shape index (κ2) is 12.8. The van der Waals surface area contributed by atoms with Crippen molar-refractivity contribution in [2.45, 2.75) is 45.1 Å². The summed E-state index contributed by atoms with van der Waals surface area (Å²) in [5, 5.41) is 12.8. The van der Waals surface area contributed by atoms with Gasteiger partial charge in [0, 0.05) is 12.6 Å². The van der Waals surface area contributed by atoms with Crippen molar-refractivity contribution >= 4 is 23.4 Å². The van der Waals surface area contributed by atoms with Gasteiger partial charge >= 0.3 is 5.97 Å². The summed E-state index contributed by atoms with van der Waals surface area (Å²) in [7, 11) is 0. The first-order valence-corrected chi connectivity index (χ1v) is 14.0. The zero-order chi connectivity index (χ0) is 29.5. The molecule has 10 nitrogen and oxygen atoms in total. The Bertz CT molecular complexity index is 1530. The standard InChI is InChI=1S/C32H35N5O5/c1-4-40-25-13-5-6-14-26(25)41-24-12-9-17-37(21-24)29-20-33-19-28(35-29)34-27-15-8-16-30(36-27)42-23-11-7-10-22(18-23)32(2,3)31(38)39/h5-8,10-11,13-16,18-20,24H,4,9,12,17,21H2,1-3H3,(H,38,39)(H,34,35,36)/t24-/m1/s1. The van der Waals surface area contributed by atoms with Gasteiger partial charge in [0.15, 0.2) is 17.3 Å². The van der Waals surface area contributed by atoms with Gasteiger partial charge < -0.3 is 29.5 Å². The summed E-state index contributed by atoms with van der Waals surface area (Å²) >= 11 is 0. The molecule has 1 aliphatic heterocycles. The molecule has 0 spiro atoms. The van der Waals surface area contributed by atoms with E-state index < -0.39 is 11.4 Å². The second-order valence-corrected chi connectivity index (χ2v) is 10.5. The molecule has 0 amide bonds. The van der Waals surface area contributed by atoms with Crippen molar-refractivity contribution in [1.82, 2.24) is 15.0 Å². The summed E-state index contributed by atoms with van der Waals surface area (Å²) in [6, 6.07) is 20.1.